The molecular weight excluding hydrogens is 665 g/mol. The molecule has 244 valence electrons. The van der Waals surface area contributed by atoms with Crippen LogP contribution in [0.15, 0.2) is 59.5 Å². The van der Waals surface area contributed by atoms with E-state index in [1.54, 1.807) is 19.1 Å². The second-order valence-electron chi connectivity index (χ2n) is 9.82. The van der Waals surface area contributed by atoms with E-state index in [1.165, 1.54) is 68.7 Å². The molecule has 0 radical (unpaired) electrons. The van der Waals surface area contributed by atoms with E-state index in [2.05, 4.69) is 5.32 Å². The number of anilines is 1. The minimum Gasteiger partial charge on any atom is -0.495 e. The Kier molecular flexibility index (Phi) is 13.0. The third-order valence-corrected chi connectivity index (χ3v) is 9.50. The van der Waals surface area contributed by atoms with Crippen LogP contribution in [0.3, 0.4) is 0 Å². The fraction of sp³-hybridized carbons (Fsp3) is 0.355. The molecule has 10 nitrogen and oxygen atoms in total. The van der Waals surface area contributed by atoms with Crippen LogP contribution in [0.2, 0.25) is 15.1 Å². The first kappa shape index (κ1) is 36.1. The van der Waals surface area contributed by atoms with Gasteiger partial charge in [0, 0.05) is 34.2 Å². The Bertz CT molecular complexity index is 1620. The van der Waals surface area contributed by atoms with Crippen molar-refractivity contribution in [3.8, 4) is 17.2 Å². The predicted molar refractivity (Wildman–Crippen MR) is 176 cm³/mol. The summed E-state index contributed by atoms with van der Waals surface area (Å²) in [6.45, 7) is 3.27. The first-order valence-electron chi connectivity index (χ1n) is 14.0. The van der Waals surface area contributed by atoms with Crippen molar-refractivity contribution in [3.05, 3.63) is 75.2 Å². The summed E-state index contributed by atoms with van der Waals surface area (Å²) in [7, 11) is -0.299. The molecule has 0 spiro atoms. The van der Waals surface area contributed by atoms with Gasteiger partial charge in [-0.05, 0) is 60.9 Å². The molecule has 0 saturated heterocycles. The van der Waals surface area contributed by atoms with E-state index in [0.717, 1.165) is 4.31 Å². The zero-order chi connectivity index (χ0) is 33.3. The lowest BCUT2D eigenvalue weighted by Gasteiger charge is -2.33. The molecule has 2 amide bonds. The van der Waals surface area contributed by atoms with Gasteiger partial charge >= 0.3 is 0 Å². The van der Waals surface area contributed by atoms with Crippen LogP contribution < -0.4 is 23.8 Å². The average Bonchev–Trinajstić information content (AvgIpc) is 3.02. The van der Waals surface area contributed by atoms with E-state index in [4.69, 9.17) is 49.0 Å². The number of nitrogens with zero attached hydrogens (tertiary/aromatic N) is 2. The smallest absolute Gasteiger partial charge is 0.265 e. The number of hydrogen-bond acceptors (Lipinski definition) is 7. The number of rotatable bonds is 15. The Morgan fingerprint density at radius 2 is 1.47 bits per heavy atom. The van der Waals surface area contributed by atoms with Crippen LogP contribution in [0.4, 0.5) is 5.69 Å². The van der Waals surface area contributed by atoms with Crippen molar-refractivity contribution in [1.82, 2.24) is 10.2 Å². The number of hydrogen-bond donors (Lipinski definition) is 1. The van der Waals surface area contributed by atoms with Gasteiger partial charge in [-0.15, -0.1) is 0 Å². The second-order valence-corrected chi connectivity index (χ2v) is 13.0. The van der Waals surface area contributed by atoms with Gasteiger partial charge in [0.05, 0.1) is 31.9 Å². The van der Waals surface area contributed by atoms with Crippen LogP contribution in [-0.2, 0) is 26.2 Å². The van der Waals surface area contributed by atoms with Gasteiger partial charge in [0.25, 0.3) is 10.0 Å². The van der Waals surface area contributed by atoms with Crippen LogP contribution in [0.1, 0.15) is 32.3 Å². The predicted octanol–water partition coefficient (Wildman–Crippen LogP) is 6.20. The number of nitrogens with one attached hydrogen (secondary N) is 1. The van der Waals surface area contributed by atoms with Crippen molar-refractivity contribution >= 4 is 62.3 Å². The van der Waals surface area contributed by atoms with Gasteiger partial charge in [-0.25, -0.2) is 8.42 Å². The number of benzene rings is 3. The van der Waals surface area contributed by atoms with Gasteiger partial charge in [0.1, 0.15) is 18.3 Å². The highest BCUT2D eigenvalue weighted by atomic mass is 35.5. The Morgan fingerprint density at radius 3 is 2.07 bits per heavy atom. The van der Waals surface area contributed by atoms with Crippen molar-refractivity contribution in [1.29, 1.82) is 0 Å². The van der Waals surface area contributed by atoms with Crippen LogP contribution in [-0.4, -0.2) is 65.6 Å². The standard InChI is InChI=1S/C31H36Cl3N3O7S/c1-6-14-35-31(39)25(7-2)36(18-20-8-9-21(32)15-24(20)34)30(38)19-37(26-16-22(33)10-12-27(26)42-3)45(40,41)23-11-13-28(43-4)29(17-23)44-5/h8-13,15-17,25H,6-7,14,18-19H2,1-5H3,(H,35,39)/t25-/m0/s1. The summed E-state index contributed by atoms with van der Waals surface area (Å²) < 4.78 is 45.7. The number of methoxy groups -OCH3 is 3. The van der Waals surface area contributed by atoms with Crippen molar-refractivity contribution in [2.45, 2.75) is 44.2 Å². The molecule has 0 unspecified atom stereocenters. The summed E-state index contributed by atoms with van der Waals surface area (Å²) in [5, 5.41) is 3.73. The van der Waals surface area contributed by atoms with Gasteiger partial charge < -0.3 is 24.4 Å². The molecule has 3 aromatic rings. The number of amides is 2. The quantitative estimate of drug-likeness (QED) is 0.201. The molecule has 1 atom stereocenters. The van der Waals surface area contributed by atoms with Gasteiger partial charge in [0.2, 0.25) is 11.8 Å². The van der Waals surface area contributed by atoms with Crippen LogP contribution in [0.5, 0.6) is 17.2 Å². The van der Waals surface area contributed by atoms with Crippen molar-refractivity contribution < 1.29 is 32.2 Å². The molecule has 45 heavy (non-hydrogen) atoms. The number of carbonyl (C=O) groups is 2. The first-order valence-corrected chi connectivity index (χ1v) is 16.6. The molecule has 0 aromatic heterocycles. The molecule has 0 bridgehead atoms. The number of halogens is 3. The Morgan fingerprint density at radius 1 is 0.844 bits per heavy atom. The van der Waals surface area contributed by atoms with Crippen LogP contribution in [0.25, 0.3) is 0 Å². The zero-order valence-electron chi connectivity index (χ0n) is 25.6. The molecule has 0 aliphatic heterocycles. The molecule has 3 aromatic carbocycles. The maximum atomic E-state index is 14.3. The maximum absolute atomic E-state index is 14.3. The fourth-order valence-electron chi connectivity index (χ4n) is 4.59. The van der Waals surface area contributed by atoms with Crippen molar-refractivity contribution in [2.75, 3.05) is 38.7 Å². The third-order valence-electron chi connectivity index (χ3n) is 6.92. The van der Waals surface area contributed by atoms with Gasteiger partial charge in [0.15, 0.2) is 11.5 Å². The Hall–Kier alpha value is -3.38. The minimum absolute atomic E-state index is 0.0149. The highest BCUT2D eigenvalue weighted by Crippen LogP contribution is 2.37. The van der Waals surface area contributed by atoms with Crippen LogP contribution >= 0.6 is 34.8 Å². The van der Waals surface area contributed by atoms with Crippen molar-refractivity contribution in [3.63, 3.8) is 0 Å². The summed E-state index contributed by atoms with van der Waals surface area (Å²) in [4.78, 5) is 28.8. The highest BCUT2D eigenvalue weighted by molar-refractivity contribution is 7.92. The van der Waals surface area contributed by atoms with Gasteiger partial charge in [-0.1, -0.05) is 54.7 Å². The lowest BCUT2D eigenvalue weighted by molar-refractivity contribution is -0.140. The number of ether oxygens (including phenoxy) is 3. The summed E-state index contributed by atoms with van der Waals surface area (Å²) in [5.41, 5.74) is 0.534. The topological polar surface area (TPSA) is 114 Å². The minimum atomic E-state index is -4.48. The number of sulfonamides is 1. The molecular formula is C31H36Cl3N3O7S. The summed E-state index contributed by atoms with van der Waals surface area (Å²) in [6, 6.07) is 12.4. The van der Waals surface area contributed by atoms with E-state index >= 15 is 0 Å². The Labute approximate surface area is 279 Å². The van der Waals surface area contributed by atoms with E-state index in [0.29, 0.717) is 29.3 Å². The van der Waals surface area contributed by atoms with Gasteiger partial charge in [-0.2, -0.15) is 0 Å². The Balaban J connectivity index is 2.19. The molecule has 0 heterocycles. The van der Waals surface area contributed by atoms with E-state index in [-0.39, 0.29) is 51.0 Å². The SMILES string of the molecule is CCCNC(=O)[C@H](CC)N(Cc1ccc(Cl)cc1Cl)C(=O)CN(c1cc(Cl)ccc1OC)S(=O)(=O)c1ccc(OC)c(OC)c1. The highest BCUT2D eigenvalue weighted by Gasteiger charge is 2.35. The average molecular weight is 701 g/mol. The number of carbonyl (C=O) groups excluding carboxylic acids is 2. The summed E-state index contributed by atoms with van der Waals surface area (Å²) in [6.07, 6.45) is 0.931. The van der Waals surface area contributed by atoms with Crippen molar-refractivity contribution in [2.24, 2.45) is 0 Å². The zero-order valence-corrected chi connectivity index (χ0v) is 28.7. The lowest BCUT2D eigenvalue weighted by Crippen LogP contribution is -2.52. The molecule has 0 aliphatic carbocycles. The molecule has 0 saturated carbocycles. The summed E-state index contributed by atoms with van der Waals surface area (Å²) in [5.74, 6) is -0.427. The lowest BCUT2D eigenvalue weighted by atomic mass is 10.1. The van der Waals surface area contributed by atoms with Crippen LogP contribution in [0, 0.1) is 0 Å². The van der Waals surface area contributed by atoms with E-state index in [1.807, 2.05) is 6.92 Å². The first-order chi connectivity index (χ1) is 21.4. The normalized spacial score (nSPS) is 11.8. The molecule has 3 rings (SSSR count). The fourth-order valence-corrected chi connectivity index (χ4v) is 6.66. The monoisotopic (exact) mass is 699 g/mol. The maximum Gasteiger partial charge on any atom is 0.265 e. The molecule has 1 N–H and O–H groups in total. The molecule has 0 aliphatic rings. The summed E-state index contributed by atoms with van der Waals surface area (Å²) >= 11 is 18.9. The second kappa shape index (κ2) is 16.3. The van der Waals surface area contributed by atoms with Gasteiger partial charge in [-0.3, -0.25) is 13.9 Å². The van der Waals surface area contributed by atoms with E-state index < -0.39 is 28.5 Å². The molecule has 14 heteroatoms. The van der Waals surface area contributed by atoms with E-state index in [9.17, 15) is 18.0 Å². The molecule has 0 fully saturated rings. The largest absolute Gasteiger partial charge is 0.495 e. The third kappa shape index (κ3) is 8.66.